The van der Waals surface area contributed by atoms with Gasteiger partial charge in [0.15, 0.2) is 0 Å². The van der Waals surface area contributed by atoms with Gasteiger partial charge in [-0.1, -0.05) is 24.3 Å². The number of carbonyl (C=O) groups is 1. The molecule has 4 rings (SSSR count). The molecule has 0 unspecified atom stereocenters. The summed E-state index contributed by atoms with van der Waals surface area (Å²) in [5.41, 5.74) is 4.64. The maximum atomic E-state index is 12.2. The first-order chi connectivity index (χ1) is 16.5. The van der Waals surface area contributed by atoms with Crippen LogP contribution in [0.25, 0.3) is 0 Å². The number of fused-ring (bicyclic) bond motifs is 1. The summed E-state index contributed by atoms with van der Waals surface area (Å²) in [4.78, 5) is 19.1. The van der Waals surface area contributed by atoms with Crippen LogP contribution in [0, 0.1) is 0 Å². The fourth-order valence-corrected chi connectivity index (χ4v) is 5.10. The quantitative estimate of drug-likeness (QED) is 0.471. The van der Waals surface area contributed by atoms with E-state index in [1.165, 1.54) is 36.2 Å². The van der Waals surface area contributed by atoms with Crippen molar-refractivity contribution >= 4 is 5.97 Å². The van der Waals surface area contributed by atoms with Gasteiger partial charge in [-0.05, 0) is 82.9 Å². The van der Waals surface area contributed by atoms with Gasteiger partial charge in [0.05, 0.1) is 12.2 Å². The van der Waals surface area contributed by atoms with Crippen LogP contribution in [0.15, 0.2) is 36.4 Å². The van der Waals surface area contributed by atoms with Gasteiger partial charge in [-0.2, -0.15) is 0 Å². The summed E-state index contributed by atoms with van der Waals surface area (Å²) in [7, 11) is 0. The molecular formula is C28H38N2O4. The molecule has 1 fully saturated rings. The Morgan fingerprint density at radius 1 is 1.15 bits per heavy atom. The molecule has 0 radical (unpaired) electrons. The van der Waals surface area contributed by atoms with Gasteiger partial charge in [-0.3, -0.25) is 14.7 Å². The third kappa shape index (κ3) is 6.36. The molecule has 0 saturated carbocycles. The van der Waals surface area contributed by atoms with E-state index in [-0.39, 0.29) is 12.2 Å². The highest BCUT2D eigenvalue weighted by Crippen LogP contribution is 2.33. The molecule has 6 heteroatoms. The summed E-state index contributed by atoms with van der Waals surface area (Å²) in [5, 5.41) is 10.0. The number of carboxylic acids is 1. The molecule has 6 nitrogen and oxygen atoms in total. The predicted octanol–water partition coefficient (Wildman–Crippen LogP) is 4.99. The van der Waals surface area contributed by atoms with Crippen molar-refractivity contribution in [3.63, 3.8) is 0 Å². The molecule has 1 aromatic carbocycles. The second-order valence-electron chi connectivity index (χ2n) is 9.79. The van der Waals surface area contributed by atoms with Crippen LogP contribution in [0.2, 0.25) is 0 Å². The van der Waals surface area contributed by atoms with Gasteiger partial charge < -0.3 is 14.6 Å². The lowest BCUT2D eigenvalue weighted by atomic mass is 9.95. The Kier molecular flexibility index (Phi) is 8.57. The Morgan fingerprint density at radius 3 is 2.79 bits per heavy atom. The van der Waals surface area contributed by atoms with E-state index in [2.05, 4.69) is 12.1 Å². The largest absolute Gasteiger partial charge is 0.491 e. The Hall–Kier alpha value is -2.44. The molecule has 1 aliphatic heterocycles. The Balaban J connectivity index is 1.24. The zero-order valence-electron chi connectivity index (χ0n) is 20.5. The number of rotatable bonds is 11. The van der Waals surface area contributed by atoms with Crippen LogP contribution in [-0.4, -0.2) is 52.9 Å². The van der Waals surface area contributed by atoms with Crippen LogP contribution in [0.5, 0.6) is 5.75 Å². The van der Waals surface area contributed by atoms with Crippen LogP contribution in [0.1, 0.15) is 74.5 Å². The number of unbranched alkanes of at least 4 members (excludes halogenated alkanes) is 1. The summed E-state index contributed by atoms with van der Waals surface area (Å²) in [6.45, 7) is 5.94. The van der Waals surface area contributed by atoms with Gasteiger partial charge in [0, 0.05) is 36.6 Å². The smallest absolute Gasteiger partial charge is 0.325 e. The van der Waals surface area contributed by atoms with E-state index in [1.54, 1.807) is 0 Å². The van der Waals surface area contributed by atoms with Gasteiger partial charge in [0.25, 0.3) is 0 Å². The number of para-hydroxylation sites is 1. The number of hydrogen-bond acceptors (Lipinski definition) is 5. The van der Waals surface area contributed by atoms with Crippen LogP contribution >= 0.6 is 0 Å². The fraction of sp³-hybridized carbons (Fsp3) is 0.571. The lowest BCUT2D eigenvalue weighted by Crippen LogP contribution is -2.34. The Morgan fingerprint density at radius 2 is 1.97 bits per heavy atom. The highest BCUT2D eigenvalue weighted by atomic mass is 16.5. The Bertz CT molecular complexity index is 961. The number of aliphatic carboxylic acids is 1. The summed E-state index contributed by atoms with van der Waals surface area (Å²) >= 11 is 0. The molecule has 184 valence electrons. The maximum absolute atomic E-state index is 12.2. The molecule has 0 bridgehead atoms. The topological polar surface area (TPSA) is 71.9 Å². The zero-order valence-corrected chi connectivity index (χ0v) is 20.5. The minimum atomic E-state index is -0.849. The van der Waals surface area contributed by atoms with E-state index in [4.69, 9.17) is 14.5 Å². The van der Waals surface area contributed by atoms with Crippen LogP contribution in [0.4, 0.5) is 0 Å². The molecule has 2 atom stereocenters. The van der Waals surface area contributed by atoms with Gasteiger partial charge in [-0.15, -0.1) is 0 Å². The third-order valence-electron chi connectivity index (χ3n) is 6.77. The highest BCUT2D eigenvalue weighted by molar-refractivity contribution is 5.76. The van der Waals surface area contributed by atoms with E-state index in [1.807, 2.05) is 43.0 Å². The normalized spacial score (nSPS) is 19.2. The number of likely N-dealkylation sites (tertiary alicyclic amines) is 1. The van der Waals surface area contributed by atoms with Crippen molar-refractivity contribution in [2.24, 2.45) is 0 Å². The monoisotopic (exact) mass is 466 g/mol. The molecule has 34 heavy (non-hydrogen) atoms. The minimum Gasteiger partial charge on any atom is -0.491 e. The number of hydrogen-bond donors (Lipinski definition) is 1. The van der Waals surface area contributed by atoms with Crippen LogP contribution in [-0.2, 0) is 28.8 Å². The molecule has 1 aromatic heterocycles. The maximum Gasteiger partial charge on any atom is 0.325 e. The average Bonchev–Trinajstić information content (AvgIpc) is 3.27. The Labute approximate surface area is 203 Å². The number of carboxylic acid groups (broad SMARTS) is 1. The molecule has 1 N–H and O–H groups in total. The van der Waals surface area contributed by atoms with Gasteiger partial charge in [0.1, 0.15) is 11.8 Å². The molecule has 1 saturated heterocycles. The van der Waals surface area contributed by atoms with Crippen molar-refractivity contribution in [3.05, 3.63) is 58.9 Å². The molecular weight excluding hydrogens is 428 g/mol. The number of ether oxygens (including phenoxy) is 2. The zero-order chi connectivity index (χ0) is 23.9. The van der Waals surface area contributed by atoms with E-state index in [0.717, 1.165) is 32.1 Å². The van der Waals surface area contributed by atoms with Crippen molar-refractivity contribution < 1.29 is 19.4 Å². The van der Waals surface area contributed by atoms with Crippen molar-refractivity contribution in [3.8, 4) is 5.75 Å². The fourth-order valence-electron chi connectivity index (χ4n) is 5.10. The van der Waals surface area contributed by atoms with Crippen molar-refractivity contribution in [1.29, 1.82) is 0 Å². The lowest BCUT2D eigenvalue weighted by molar-refractivity contribution is -0.143. The summed E-state index contributed by atoms with van der Waals surface area (Å²) in [6.07, 6.45) is 8.78. The van der Waals surface area contributed by atoms with E-state index < -0.39 is 12.0 Å². The number of pyridine rings is 1. The standard InChI is InChI=1S/C28H38N2O4/c1-20(2)34-26-13-6-4-11-24(26)27(28(31)32)30-17-16-23(19-30)33-18-8-7-10-22-15-14-21-9-3-5-12-25(21)29-22/h4,6,11,13-15,20,23,27H,3,5,7-10,12,16-19H2,1-2H3,(H,31,32)/t23-,27+/m1/s1. The van der Waals surface area contributed by atoms with Crippen molar-refractivity contribution in [2.45, 2.75) is 83.5 Å². The van der Waals surface area contributed by atoms with Gasteiger partial charge in [0.2, 0.25) is 0 Å². The van der Waals surface area contributed by atoms with Crippen LogP contribution < -0.4 is 4.74 Å². The van der Waals surface area contributed by atoms with E-state index in [9.17, 15) is 9.90 Å². The highest BCUT2D eigenvalue weighted by Gasteiger charge is 2.35. The summed E-state index contributed by atoms with van der Waals surface area (Å²) in [6, 6.07) is 11.2. The number of nitrogens with zero attached hydrogens (tertiary/aromatic N) is 2. The van der Waals surface area contributed by atoms with E-state index in [0.29, 0.717) is 31.0 Å². The molecule has 2 aliphatic rings. The van der Waals surface area contributed by atoms with Gasteiger partial charge in [-0.25, -0.2) is 0 Å². The first kappa shape index (κ1) is 24.7. The van der Waals surface area contributed by atoms with E-state index >= 15 is 0 Å². The number of aryl methyl sites for hydroxylation is 3. The number of benzene rings is 1. The SMILES string of the molecule is CC(C)Oc1ccccc1[C@@H](C(=O)O)N1CC[C@@H](OCCCCc2ccc3c(n2)CCCC3)C1. The molecule has 0 spiro atoms. The minimum absolute atomic E-state index is 0.0123. The molecule has 1 aliphatic carbocycles. The molecule has 2 heterocycles. The average molecular weight is 467 g/mol. The van der Waals surface area contributed by atoms with Crippen molar-refractivity contribution in [2.75, 3.05) is 19.7 Å². The second kappa shape index (κ2) is 11.8. The first-order valence-electron chi connectivity index (χ1n) is 12.8. The van der Waals surface area contributed by atoms with Crippen LogP contribution in [0.3, 0.4) is 0 Å². The van der Waals surface area contributed by atoms with Gasteiger partial charge >= 0.3 is 5.97 Å². The number of aromatic nitrogens is 1. The van der Waals surface area contributed by atoms with Crippen molar-refractivity contribution in [1.82, 2.24) is 9.88 Å². The first-order valence-corrected chi connectivity index (χ1v) is 12.8. The molecule has 0 amide bonds. The summed E-state index contributed by atoms with van der Waals surface area (Å²) in [5.74, 6) is -0.205. The summed E-state index contributed by atoms with van der Waals surface area (Å²) < 4.78 is 12.0. The lowest BCUT2D eigenvalue weighted by Gasteiger charge is -2.26. The third-order valence-corrected chi connectivity index (χ3v) is 6.77. The predicted molar refractivity (Wildman–Crippen MR) is 132 cm³/mol. The second-order valence-corrected chi connectivity index (χ2v) is 9.79. The molecule has 2 aromatic rings.